The van der Waals surface area contributed by atoms with Gasteiger partial charge in [-0.15, -0.1) is 0 Å². The van der Waals surface area contributed by atoms with Crippen LogP contribution in [-0.2, 0) is 0 Å². The molecule has 17 heavy (non-hydrogen) atoms. The van der Waals surface area contributed by atoms with Crippen LogP contribution in [-0.4, -0.2) is 36.1 Å². The van der Waals surface area contributed by atoms with Crippen LogP contribution < -0.4 is 5.32 Å². The molecule has 2 nitrogen and oxygen atoms in total. The van der Waals surface area contributed by atoms with Gasteiger partial charge in [0, 0.05) is 31.2 Å². The molecule has 1 heterocycles. The van der Waals surface area contributed by atoms with Crippen molar-refractivity contribution in [1.82, 2.24) is 10.2 Å². The Balaban J connectivity index is 1.94. The van der Waals surface area contributed by atoms with Crippen LogP contribution >= 0.6 is 0 Å². The molecular weight excluding hydrogens is 208 g/mol. The molecule has 0 radical (unpaired) electrons. The van der Waals surface area contributed by atoms with Crippen LogP contribution in [0.25, 0.3) is 0 Å². The summed E-state index contributed by atoms with van der Waals surface area (Å²) in [4.78, 5) is 2.81. The highest BCUT2D eigenvalue weighted by atomic mass is 15.2. The van der Waals surface area contributed by atoms with Crippen molar-refractivity contribution in [2.24, 2.45) is 5.92 Å². The predicted octanol–water partition coefficient (Wildman–Crippen LogP) is 3.03. The Kier molecular flexibility index (Phi) is 4.87. The molecule has 4 atom stereocenters. The zero-order chi connectivity index (χ0) is 12.3. The number of rotatable bonds is 3. The second kappa shape index (κ2) is 6.19. The van der Waals surface area contributed by atoms with E-state index in [9.17, 15) is 0 Å². The fourth-order valence-corrected chi connectivity index (χ4v) is 3.67. The topological polar surface area (TPSA) is 15.3 Å². The van der Waals surface area contributed by atoms with Gasteiger partial charge in [0.1, 0.15) is 0 Å². The predicted molar refractivity (Wildman–Crippen MR) is 74.3 cm³/mol. The summed E-state index contributed by atoms with van der Waals surface area (Å²) in [7, 11) is 0. The van der Waals surface area contributed by atoms with Crippen LogP contribution in [0.4, 0.5) is 0 Å². The summed E-state index contributed by atoms with van der Waals surface area (Å²) in [5, 5.41) is 3.67. The first-order valence-corrected chi connectivity index (χ1v) is 7.73. The molecule has 0 amide bonds. The van der Waals surface area contributed by atoms with Gasteiger partial charge >= 0.3 is 0 Å². The maximum Gasteiger partial charge on any atom is 0.0196 e. The Morgan fingerprint density at radius 3 is 2.71 bits per heavy atom. The smallest absolute Gasteiger partial charge is 0.0196 e. The molecule has 1 saturated heterocycles. The minimum atomic E-state index is 0.730. The molecule has 1 aliphatic carbocycles. The first kappa shape index (κ1) is 13.4. The van der Waals surface area contributed by atoms with Crippen molar-refractivity contribution >= 4 is 0 Å². The van der Waals surface area contributed by atoms with Gasteiger partial charge < -0.3 is 5.32 Å². The van der Waals surface area contributed by atoms with Gasteiger partial charge in [0.25, 0.3) is 0 Å². The van der Waals surface area contributed by atoms with Crippen molar-refractivity contribution in [2.45, 2.75) is 77.4 Å². The third-order valence-corrected chi connectivity index (χ3v) is 4.99. The fraction of sp³-hybridized carbons (Fsp3) is 1.00. The lowest BCUT2D eigenvalue weighted by Crippen LogP contribution is -2.58. The molecule has 0 aromatic carbocycles. The molecule has 1 aliphatic heterocycles. The maximum absolute atomic E-state index is 3.67. The Bertz CT molecular complexity index is 229. The van der Waals surface area contributed by atoms with Crippen molar-refractivity contribution in [3.63, 3.8) is 0 Å². The highest BCUT2D eigenvalue weighted by Crippen LogP contribution is 2.31. The number of hydrogen-bond donors (Lipinski definition) is 1. The van der Waals surface area contributed by atoms with E-state index in [1.165, 1.54) is 51.6 Å². The average Bonchev–Trinajstić information content (AvgIpc) is 2.39. The Morgan fingerprint density at radius 2 is 2.00 bits per heavy atom. The molecule has 100 valence electrons. The molecule has 1 N–H and O–H groups in total. The average molecular weight is 238 g/mol. The van der Waals surface area contributed by atoms with Gasteiger partial charge in [-0.3, -0.25) is 4.90 Å². The lowest BCUT2D eigenvalue weighted by Gasteiger charge is -2.46. The summed E-state index contributed by atoms with van der Waals surface area (Å²) >= 11 is 0. The monoisotopic (exact) mass is 238 g/mol. The fourth-order valence-electron chi connectivity index (χ4n) is 3.67. The van der Waals surface area contributed by atoms with Crippen molar-refractivity contribution < 1.29 is 0 Å². The summed E-state index contributed by atoms with van der Waals surface area (Å²) in [5.41, 5.74) is 0. The van der Waals surface area contributed by atoms with E-state index in [1.54, 1.807) is 0 Å². The zero-order valence-electron chi connectivity index (χ0n) is 11.9. The minimum Gasteiger partial charge on any atom is -0.311 e. The van der Waals surface area contributed by atoms with Crippen LogP contribution in [0.15, 0.2) is 0 Å². The summed E-state index contributed by atoms with van der Waals surface area (Å²) < 4.78 is 0. The van der Waals surface area contributed by atoms with Gasteiger partial charge in [0.05, 0.1) is 0 Å². The molecule has 4 unspecified atom stereocenters. The lowest BCUT2D eigenvalue weighted by molar-refractivity contribution is 0.0551. The SMILES string of the molecule is CCC1CCCC(N2CC(CC)NCC2C)C1. The summed E-state index contributed by atoms with van der Waals surface area (Å²) in [5.74, 6) is 0.996. The zero-order valence-corrected chi connectivity index (χ0v) is 11.9. The molecule has 2 heteroatoms. The molecule has 0 aromatic rings. The van der Waals surface area contributed by atoms with Gasteiger partial charge in [-0.05, 0) is 32.1 Å². The van der Waals surface area contributed by atoms with Crippen LogP contribution in [0.5, 0.6) is 0 Å². The molecule has 0 spiro atoms. The van der Waals surface area contributed by atoms with Crippen LogP contribution in [0.3, 0.4) is 0 Å². The third kappa shape index (κ3) is 3.23. The number of piperazine rings is 1. The van der Waals surface area contributed by atoms with Crippen LogP contribution in [0.1, 0.15) is 59.3 Å². The van der Waals surface area contributed by atoms with E-state index in [4.69, 9.17) is 0 Å². The molecule has 1 saturated carbocycles. The Morgan fingerprint density at radius 1 is 1.18 bits per heavy atom. The van der Waals surface area contributed by atoms with E-state index in [0.29, 0.717) is 0 Å². The summed E-state index contributed by atoms with van der Waals surface area (Å²) in [6.45, 7) is 9.53. The Hall–Kier alpha value is -0.0800. The second-order valence-electron chi connectivity index (χ2n) is 6.15. The van der Waals surface area contributed by atoms with E-state index in [2.05, 4.69) is 31.0 Å². The van der Waals surface area contributed by atoms with E-state index < -0.39 is 0 Å². The minimum absolute atomic E-state index is 0.730. The van der Waals surface area contributed by atoms with Gasteiger partial charge in [0.2, 0.25) is 0 Å². The van der Waals surface area contributed by atoms with Crippen molar-refractivity contribution in [1.29, 1.82) is 0 Å². The van der Waals surface area contributed by atoms with E-state index in [-0.39, 0.29) is 0 Å². The van der Waals surface area contributed by atoms with Gasteiger partial charge in [-0.25, -0.2) is 0 Å². The molecule has 2 fully saturated rings. The van der Waals surface area contributed by atoms with E-state index in [1.807, 2.05) is 0 Å². The summed E-state index contributed by atoms with van der Waals surface area (Å²) in [6, 6.07) is 2.34. The maximum atomic E-state index is 3.67. The third-order valence-electron chi connectivity index (χ3n) is 4.99. The highest BCUT2D eigenvalue weighted by Gasteiger charge is 2.32. The Labute approximate surface area is 107 Å². The van der Waals surface area contributed by atoms with Gasteiger partial charge in [0.15, 0.2) is 0 Å². The van der Waals surface area contributed by atoms with Crippen molar-refractivity contribution in [2.75, 3.05) is 13.1 Å². The van der Waals surface area contributed by atoms with Crippen molar-refractivity contribution in [3.8, 4) is 0 Å². The molecule has 2 rings (SSSR count). The molecule has 0 aromatic heterocycles. The molecular formula is C15H30N2. The second-order valence-corrected chi connectivity index (χ2v) is 6.15. The molecule has 2 aliphatic rings. The quantitative estimate of drug-likeness (QED) is 0.813. The summed E-state index contributed by atoms with van der Waals surface area (Å²) in [6.07, 6.45) is 8.48. The van der Waals surface area contributed by atoms with Crippen LogP contribution in [0.2, 0.25) is 0 Å². The van der Waals surface area contributed by atoms with Crippen LogP contribution in [0, 0.1) is 5.92 Å². The van der Waals surface area contributed by atoms with Crippen molar-refractivity contribution in [3.05, 3.63) is 0 Å². The first-order valence-electron chi connectivity index (χ1n) is 7.73. The number of nitrogens with zero attached hydrogens (tertiary/aromatic N) is 1. The van der Waals surface area contributed by atoms with Gasteiger partial charge in [-0.1, -0.05) is 33.1 Å². The highest BCUT2D eigenvalue weighted by molar-refractivity contribution is 4.89. The first-order chi connectivity index (χ1) is 8.24. The van der Waals surface area contributed by atoms with E-state index >= 15 is 0 Å². The normalized spacial score (nSPS) is 40.4. The lowest BCUT2D eigenvalue weighted by atomic mass is 9.82. The largest absolute Gasteiger partial charge is 0.311 e. The van der Waals surface area contributed by atoms with E-state index in [0.717, 1.165) is 24.0 Å². The van der Waals surface area contributed by atoms with Gasteiger partial charge in [-0.2, -0.15) is 0 Å². The number of nitrogens with one attached hydrogen (secondary N) is 1. The number of hydrogen-bond acceptors (Lipinski definition) is 2. The molecule has 0 bridgehead atoms. The standard InChI is InChI=1S/C15H30N2/c1-4-13-7-6-8-15(9-13)17-11-14(5-2)16-10-12(17)3/h12-16H,4-11H2,1-3H3.